The number of nitrogens with two attached hydrogens (primary N) is 1. The second-order valence-corrected chi connectivity index (χ2v) is 5.73. The van der Waals surface area contributed by atoms with E-state index in [0.29, 0.717) is 11.4 Å². The smallest absolute Gasteiger partial charge is 0.257 e. The van der Waals surface area contributed by atoms with Crippen molar-refractivity contribution in [2.24, 2.45) is 5.73 Å². The van der Waals surface area contributed by atoms with Crippen LogP contribution < -0.4 is 5.73 Å². The van der Waals surface area contributed by atoms with Crippen LogP contribution in [0.4, 0.5) is 0 Å². The zero-order valence-corrected chi connectivity index (χ0v) is 13.4. The van der Waals surface area contributed by atoms with Crippen LogP contribution >= 0.6 is 11.9 Å². The summed E-state index contributed by atoms with van der Waals surface area (Å²) in [6.07, 6.45) is 7.34. The molecular formula is C14H25N3O2S. The van der Waals surface area contributed by atoms with E-state index in [4.69, 9.17) is 5.73 Å². The fraction of sp³-hybridized carbons (Fsp3) is 0.571. The van der Waals surface area contributed by atoms with Gasteiger partial charge in [-0.15, -0.1) is 6.58 Å². The van der Waals surface area contributed by atoms with Crippen LogP contribution in [0.3, 0.4) is 0 Å². The molecule has 0 saturated carbocycles. The van der Waals surface area contributed by atoms with Gasteiger partial charge < -0.3 is 5.73 Å². The highest BCUT2D eigenvalue weighted by molar-refractivity contribution is 8.01. The van der Waals surface area contributed by atoms with Crippen molar-refractivity contribution in [3.05, 3.63) is 45.5 Å². The monoisotopic (exact) mass is 299 g/mol. The van der Waals surface area contributed by atoms with Crippen LogP contribution in [0, 0.1) is 10.1 Å². The minimum absolute atomic E-state index is 0.0222. The highest BCUT2D eigenvalue weighted by atomic mass is 32.2. The summed E-state index contributed by atoms with van der Waals surface area (Å²) in [6.45, 7) is 10.5. The largest absolute Gasteiger partial charge is 0.327 e. The lowest BCUT2D eigenvalue weighted by atomic mass is 10.3. The molecule has 114 valence electrons. The Morgan fingerprint density at radius 1 is 1.60 bits per heavy atom. The van der Waals surface area contributed by atoms with E-state index in [-0.39, 0.29) is 16.7 Å². The first kappa shape index (κ1) is 18.9. The molecule has 0 fully saturated rings. The average Bonchev–Trinajstić information content (AvgIpc) is 2.36. The molecule has 0 heterocycles. The molecular weight excluding hydrogens is 274 g/mol. The standard InChI is InChI=1S/C14H25N3O2S/c1-5-7-8-10-16(11-12(3)15)20-14(9-6-2)13(4)17(18)19/h5-6,9,12H,1,7-8,10-11,15H2,2-4H3/b9-6-,14-13?. The van der Waals surface area contributed by atoms with Gasteiger partial charge >= 0.3 is 0 Å². The molecule has 0 aromatic rings. The molecule has 0 aliphatic rings. The summed E-state index contributed by atoms with van der Waals surface area (Å²) >= 11 is 1.40. The van der Waals surface area contributed by atoms with Crippen LogP contribution in [0.1, 0.15) is 33.6 Å². The van der Waals surface area contributed by atoms with E-state index in [1.807, 2.05) is 26.0 Å². The first-order chi connectivity index (χ1) is 9.42. The summed E-state index contributed by atoms with van der Waals surface area (Å²) in [6, 6.07) is 0.0222. The predicted molar refractivity (Wildman–Crippen MR) is 86.8 cm³/mol. The van der Waals surface area contributed by atoms with Gasteiger partial charge in [-0.05, 0) is 44.7 Å². The fourth-order valence-corrected chi connectivity index (χ4v) is 2.72. The molecule has 0 aliphatic carbocycles. The maximum Gasteiger partial charge on any atom is 0.257 e. The van der Waals surface area contributed by atoms with Crippen molar-refractivity contribution >= 4 is 11.9 Å². The van der Waals surface area contributed by atoms with Gasteiger partial charge in [0.1, 0.15) is 0 Å². The zero-order chi connectivity index (χ0) is 15.5. The molecule has 0 saturated heterocycles. The van der Waals surface area contributed by atoms with Crippen molar-refractivity contribution in [1.82, 2.24) is 4.31 Å². The summed E-state index contributed by atoms with van der Waals surface area (Å²) in [5.74, 6) is 0. The van der Waals surface area contributed by atoms with E-state index < -0.39 is 0 Å². The third kappa shape index (κ3) is 8.14. The molecule has 0 aromatic carbocycles. The minimum Gasteiger partial charge on any atom is -0.327 e. The van der Waals surface area contributed by atoms with E-state index >= 15 is 0 Å². The number of nitrogens with zero attached hydrogens (tertiary/aromatic N) is 2. The third-order valence-electron chi connectivity index (χ3n) is 2.48. The Labute approximate surface area is 125 Å². The van der Waals surface area contributed by atoms with Gasteiger partial charge in [-0.25, -0.2) is 4.31 Å². The van der Waals surface area contributed by atoms with Crippen molar-refractivity contribution < 1.29 is 4.92 Å². The average molecular weight is 299 g/mol. The minimum atomic E-state index is -0.351. The maximum absolute atomic E-state index is 10.9. The Balaban J connectivity index is 4.92. The molecule has 1 unspecified atom stereocenters. The SMILES string of the molecule is C=CCCCN(CC(C)N)SC(/C=C\C)=C(C)[N+](=O)[O-]. The first-order valence-corrected chi connectivity index (χ1v) is 7.47. The molecule has 0 bridgehead atoms. The normalized spacial score (nSPS) is 14.4. The van der Waals surface area contributed by atoms with Gasteiger partial charge in [-0.1, -0.05) is 12.2 Å². The number of hydrogen-bond donors (Lipinski definition) is 1. The van der Waals surface area contributed by atoms with E-state index in [2.05, 4.69) is 10.9 Å². The highest BCUT2D eigenvalue weighted by Crippen LogP contribution is 2.26. The van der Waals surface area contributed by atoms with Crippen molar-refractivity contribution in [3.63, 3.8) is 0 Å². The van der Waals surface area contributed by atoms with Crippen LogP contribution in [-0.4, -0.2) is 28.4 Å². The quantitative estimate of drug-likeness (QED) is 0.167. The molecule has 0 aromatic heterocycles. The maximum atomic E-state index is 10.9. The highest BCUT2D eigenvalue weighted by Gasteiger charge is 2.16. The van der Waals surface area contributed by atoms with Crippen LogP contribution in [0.2, 0.25) is 0 Å². The Morgan fingerprint density at radius 3 is 2.70 bits per heavy atom. The molecule has 0 spiro atoms. The topological polar surface area (TPSA) is 72.4 Å². The van der Waals surface area contributed by atoms with Gasteiger partial charge in [-0.3, -0.25) is 10.1 Å². The van der Waals surface area contributed by atoms with Crippen molar-refractivity contribution in [3.8, 4) is 0 Å². The van der Waals surface area contributed by atoms with Crippen LogP contribution in [0.5, 0.6) is 0 Å². The van der Waals surface area contributed by atoms with Crippen molar-refractivity contribution in [1.29, 1.82) is 0 Å². The van der Waals surface area contributed by atoms with Crippen molar-refractivity contribution in [2.45, 2.75) is 39.7 Å². The molecule has 0 rings (SSSR count). The van der Waals surface area contributed by atoms with Gasteiger partial charge in [0.2, 0.25) is 0 Å². The van der Waals surface area contributed by atoms with E-state index in [0.717, 1.165) is 19.4 Å². The summed E-state index contributed by atoms with van der Waals surface area (Å²) < 4.78 is 2.08. The van der Waals surface area contributed by atoms with E-state index in [1.165, 1.54) is 18.9 Å². The van der Waals surface area contributed by atoms with Gasteiger partial charge in [0.15, 0.2) is 0 Å². The number of hydrogen-bond acceptors (Lipinski definition) is 5. The molecule has 0 aliphatic heterocycles. The Morgan fingerprint density at radius 2 is 2.25 bits per heavy atom. The van der Waals surface area contributed by atoms with Crippen molar-refractivity contribution in [2.75, 3.05) is 13.1 Å². The van der Waals surface area contributed by atoms with Gasteiger partial charge in [0, 0.05) is 26.1 Å². The lowest BCUT2D eigenvalue weighted by Gasteiger charge is -2.22. The summed E-state index contributed by atoms with van der Waals surface area (Å²) in [7, 11) is 0. The number of nitro groups is 1. The second kappa shape index (κ2) is 10.7. The Hall–Kier alpha value is -1.11. The lowest BCUT2D eigenvalue weighted by molar-refractivity contribution is -0.424. The Bertz CT molecular complexity index is 379. The molecule has 0 radical (unpaired) electrons. The Kier molecular flexibility index (Phi) is 10.1. The van der Waals surface area contributed by atoms with E-state index in [9.17, 15) is 10.1 Å². The van der Waals surface area contributed by atoms with Gasteiger partial charge in [0.05, 0.1) is 9.83 Å². The first-order valence-electron chi connectivity index (χ1n) is 6.69. The number of rotatable bonds is 10. The zero-order valence-electron chi connectivity index (χ0n) is 12.5. The molecule has 0 amide bonds. The summed E-state index contributed by atoms with van der Waals surface area (Å²) in [4.78, 5) is 11.2. The van der Waals surface area contributed by atoms with Crippen LogP contribution in [-0.2, 0) is 0 Å². The van der Waals surface area contributed by atoms with E-state index in [1.54, 1.807) is 6.08 Å². The molecule has 20 heavy (non-hydrogen) atoms. The van der Waals surface area contributed by atoms with Gasteiger partial charge in [-0.2, -0.15) is 0 Å². The fourth-order valence-electron chi connectivity index (χ4n) is 1.50. The molecule has 2 N–H and O–H groups in total. The number of unbranched alkanes of at least 4 members (excludes halogenated alkanes) is 1. The predicted octanol–water partition coefficient (Wildman–Crippen LogP) is 3.33. The number of allylic oxidation sites excluding steroid dienone is 4. The van der Waals surface area contributed by atoms with Crippen LogP contribution in [0.15, 0.2) is 35.4 Å². The molecule has 5 nitrogen and oxygen atoms in total. The lowest BCUT2D eigenvalue weighted by Crippen LogP contribution is -2.32. The van der Waals surface area contributed by atoms with Crippen LogP contribution in [0.25, 0.3) is 0 Å². The molecule has 1 atom stereocenters. The summed E-state index contributed by atoms with van der Waals surface area (Å²) in [5.41, 5.74) is 6.00. The second-order valence-electron chi connectivity index (χ2n) is 4.59. The van der Waals surface area contributed by atoms with Gasteiger partial charge in [0.25, 0.3) is 5.70 Å². The molecule has 6 heteroatoms. The summed E-state index contributed by atoms with van der Waals surface area (Å²) in [5, 5.41) is 10.9. The third-order valence-corrected chi connectivity index (χ3v) is 3.70.